The fraction of sp³-hybridized carbons (Fsp3) is 0.529. The molecule has 0 aromatic heterocycles. The number of nitrogens with zero attached hydrogens (tertiary/aromatic N) is 1. The molecule has 1 aliphatic rings. The molecule has 0 radical (unpaired) electrons. The monoisotopic (exact) mass is 357 g/mol. The number of hydrogen-bond donors (Lipinski definition) is 1. The van der Waals surface area contributed by atoms with E-state index in [9.17, 15) is 18.4 Å². The van der Waals surface area contributed by atoms with Gasteiger partial charge in [0.05, 0.1) is 24.7 Å². The topological polar surface area (TPSA) is 76.1 Å². The normalized spacial score (nSPS) is 20.6. The molecule has 0 aliphatic carbocycles. The highest BCUT2D eigenvalue weighted by molar-refractivity contribution is 5.86. The minimum absolute atomic E-state index is 0.0689. The smallest absolute Gasteiger partial charge is 0.353 e. The Labute approximate surface area is 144 Å². The number of rotatable bonds is 7. The summed E-state index contributed by atoms with van der Waals surface area (Å²) in [6.45, 7) is 1.77. The predicted octanol–water partition coefficient (Wildman–Crippen LogP) is 2.27. The molecule has 2 rings (SSSR count). The third-order valence-corrected chi connectivity index (χ3v) is 4.17. The second kappa shape index (κ2) is 7.77. The van der Waals surface area contributed by atoms with Crippen LogP contribution in [0.25, 0.3) is 0 Å². The van der Waals surface area contributed by atoms with Crippen LogP contribution in [0.2, 0.25) is 0 Å². The van der Waals surface area contributed by atoms with Crippen LogP contribution in [0.3, 0.4) is 0 Å². The Bertz CT molecular complexity index is 637. The number of carboxylic acids is 1. The molecule has 1 aliphatic heterocycles. The Morgan fingerprint density at radius 2 is 2.04 bits per heavy atom. The minimum atomic E-state index is -3.83. The lowest BCUT2D eigenvalue weighted by molar-refractivity contribution is -0.161. The summed E-state index contributed by atoms with van der Waals surface area (Å²) in [7, 11) is 1.40. The summed E-state index contributed by atoms with van der Waals surface area (Å²) in [4.78, 5) is 24.4. The zero-order chi connectivity index (χ0) is 18.6. The second-order valence-electron chi connectivity index (χ2n) is 5.81. The van der Waals surface area contributed by atoms with Crippen molar-refractivity contribution in [2.24, 2.45) is 0 Å². The van der Waals surface area contributed by atoms with E-state index in [1.807, 2.05) is 0 Å². The molecule has 8 heteroatoms. The molecular weight excluding hydrogens is 336 g/mol. The number of halogens is 2. The number of para-hydroxylation sites is 1. The van der Waals surface area contributed by atoms with Crippen LogP contribution in [0.15, 0.2) is 24.3 Å². The molecule has 2 unspecified atom stereocenters. The average Bonchev–Trinajstić information content (AvgIpc) is 2.96. The molecule has 1 heterocycles. The van der Waals surface area contributed by atoms with Crippen molar-refractivity contribution in [2.45, 2.75) is 37.8 Å². The van der Waals surface area contributed by atoms with Gasteiger partial charge in [0.15, 0.2) is 0 Å². The van der Waals surface area contributed by atoms with E-state index in [-0.39, 0.29) is 25.3 Å². The third kappa shape index (κ3) is 4.07. The molecule has 1 saturated heterocycles. The number of carbonyl (C=O) groups excluding carboxylic acids is 1. The van der Waals surface area contributed by atoms with Crippen LogP contribution in [0.1, 0.15) is 25.3 Å². The van der Waals surface area contributed by atoms with Crippen molar-refractivity contribution in [3.8, 4) is 5.75 Å². The Hall–Kier alpha value is -2.22. The van der Waals surface area contributed by atoms with Crippen LogP contribution in [-0.4, -0.2) is 54.3 Å². The third-order valence-electron chi connectivity index (χ3n) is 4.17. The van der Waals surface area contributed by atoms with E-state index in [1.165, 1.54) is 19.2 Å². The molecule has 0 bridgehead atoms. The molecule has 1 aromatic rings. The summed E-state index contributed by atoms with van der Waals surface area (Å²) in [6, 6.07) is 4.62. The van der Waals surface area contributed by atoms with Gasteiger partial charge in [0.2, 0.25) is 0 Å². The van der Waals surface area contributed by atoms with Crippen LogP contribution >= 0.6 is 0 Å². The van der Waals surface area contributed by atoms with E-state index >= 15 is 0 Å². The number of ether oxygens (including phenoxy) is 2. The maximum Gasteiger partial charge on any atom is 0.353 e. The van der Waals surface area contributed by atoms with E-state index in [4.69, 9.17) is 14.6 Å². The highest BCUT2D eigenvalue weighted by Gasteiger charge is 2.50. The number of likely N-dealkylation sites (tertiary alicyclic amines) is 1. The van der Waals surface area contributed by atoms with Gasteiger partial charge in [0, 0.05) is 19.7 Å². The number of hydrogen-bond acceptors (Lipinski definition) is 4. The van der Waals surface area contributed by atoms with Gasteiger partial charge in [-0.2, -0.15) is 8.78 Å². The van der Waals surface area contributed by atoms with E-state index < -0.39 is 41.9 Å². The van der Waals surface area contributed by atoms with Crippen molar-refractivity contribution in [2.75, 3.05) is 20.3 Å². The SMILES string of the molecule is CCOc1ccccc1C(F)(F)C(=O)N1CC(OC)CC1CC(=O)O. The number of alkyl halides is 2. The number of aliphatic carboxylic acids is 1. The van der Waals surface area contributed by atoms with Crippen molar-refractivity contribution < 1.29 is 33.0 Å². The first-order valence-electron chi connectivity index (χ1n) is 7.97. The lowest BCUT2D eigenvalue weighted by Gasteiger charge is -2.28. The van der Waals surface area contributed by atoms with Gasteiger partial charge in [-0.25, -0.2) is 0 Å². The largest absolute Gasteiger partial charge is 0.493 e. The lowest BCUT2D eigenvalue weighted by Crippen LogP contribution is -2.45. The Balaban J connectivity index is 2.31. The predicted molar refractivity (Wildman–Crippen MR) is 84.7 cm³/mol. The van der Waals surface area contributed by atoms with Gasteiger partial charge in [-0.1, -0.05) is 12.1 Å². The Morgan fingerprint density at radius 3 is 2.64 bits per heavy atom. The highest BCUT2D eigenvalue weighted by Crippen LogP contribution is 2.38. The lowest BCUT2D eigenvalue weighted by atomic mass is 10.0. The fourth-order valence-electron chi connectivity index (χ4n) is 2.99. The molecule has 2 atom stereocenters. The molecule has 0 saturated carbocycles. The molecule has 1 aromatic carbocycles. The van der Waals surface area contributed by atoms with Gasteiger partial charge in [-0.15, -0.1) is 0 Å². The zero-order valence-corrected chi connectivity index (χ0v) is 14.1. The van der Waals surface area contributed by atoms with Gasteiger partial charge in [-0.05, 0) is 25.5 Å². The van der Waals surface area contributed by atoms with Crippen molar-refractivity contribution in [3.63, 3.8) is 0 Å². The van der Waals surface area contributed by atoms with Gasteiger partial charge in [0.1, 0.15) is 5.75 Å². The van der Waals surface area contributed by atoms with Crippen molar-refractivity contribution in [3.05, 3.63) is 29.8 Å². The molecule has 1 fully saturated rings. The molecule has 6 nitrogen and oxygen atoms in total. The van der Waals surface area contributed by atoms with Gasteiger partial charge < -0.3 is 19.5 Å². The first-order valence-corrected chi connectivity index (χ1v) is 7.97. The molecule has 25 heavy (non-hydrogen) atoms. The van der Waals surface area contributed by atoms with Crippen LogP contribution in [-0.2, 0) is 20.2 Å². The van der Waals surface area contributed by atoms with Crippen molar-refractivity contribution >= 4 is 11.9 Å². The summed E-state index contributed by atoms with van der Waals surface area (Å²) in [5, 5.41) is 8.98. The summed E-state index contributed by atoms with van der Waals surface area (Å²) >= 11 is 0. The van der Waals surface area contributed by atoms with Crippen LogP contribution < -0.4 is 4.74 Å². The maximum absolute atomic E-state index is 14.9. The van der Waals surface area contributed by atoms with Crippen molar-refractivity contribution in [1.82, 2.24) is 4.90 Å². The molecule has 0 spiro atoms. The van der Waals surface area contributed by atoms with E-state index in [0.29, 0.717) is 0 Å². The van der Waals surface area contributed by atoms with Crippen LogP contribution in [0.4, 0.5) is 8.78 Å². The molecule has 1 amide bonds. The van der Waals surface area contributed by atoms with Gasteiger partial charge in [-0.3, -0.25) is 9.59 Å². The maximum atomic E-state index is 14.9. The number of carbonyl (C=O) groups is 2. The second-order valence-corrected chi connectivity index (χ2v) is 5.81. The summed E-state index contributed by atoms with van der Waals surface area (Å²) in [5.74, 6) is -6.49. The number of carboxylic acid groups (broad SMARTS) is 1. The summed E-state index contributed by atoms with van der Waals surface area (Å²) < 4.78 is 40.1. The molecule has 1 N–H and O–H groups in total. The Kier molecular flexibility index (Phi) is 5.94. The minimum Gasteiger partial charge on any atom is -0.493 e. The molecule has 138 valence electrons. The van der Waals surface area contributed by atoms with Gasteiger partial charge >= 0.3 is 11.9 Å². The fourth-order valence-corrected chi connectivity index (χ4v) is 2.99. The quantitative estimate of drug-likeness (QED) is 0.810. The number of benzene rings is 1. The van der Waals surface area contributed by atoms with Crippen LogP contribution in [0.5, 0.6) is 5.75 Å². The first-order chi connectivity index (χ1) is 11.8. The van der Waals surface area contributed by atoms with E-state index in [0.717, 1.165) is 11.0 Å². The first kappa shape index (κ1) is 19.1. The van der Waals surface area contributed by atoms with Gasteiger partial charge in [0.25, 0.3) is 5.91 Å². The number of amides is 1. The Morgan fingerprint density at radius 1 is 1.36 bits per heavy atom. The average molecular weight is 357 g/mol. The van der Waals surface area contributed by atoms with Crippen LogP contribution in [0, 0.1) is 0 Å². The summed E-state index contributed by atoms with van der Waals surface area (Å²) in [5.41, 5.74) is -0.531. The standard InChI is InChI=1S/C17H21F2NO5/c1-3-25-14-7-5-4-6-13(14)17(18,19)16(23)20-10-12(24-2)8-11(20)9-15(21)22/h4-7,11-12H,3,8-10H2,1-2H3,(H,21,22). The number of methoxy groups -OCH3 is 1. The molecular formula is C17H21F2NO5. The van der Waals surface area contributed by atoms with E-state index in [2.05, 4.69) is 0 Å². The van der Waals surface area contributed by atoms with E-state index in [1.54, 1.807) is 13.0 Å². The summed E-state index contributed by atoms with van der Waals surface area (Å²) in [6.07, 6.45) is -0.668. The van der Waals surface area contributed by atoms with Crippen molar-refractivity contribution in [1.29, 1.82) is 0 Å². The highest BCUT2D eigenvalue weighted by atomic mass is 19.3. The zero-order valence-electron chi connectivity index (χ0n) is 14.1.